The van der Waals surface area contributed by atoms with Crippen molar-refractivity contribution in [1.29, 1.82) is 0 Å². The molecule has 1 aromatic carbocycles. The van der Waals surface area contributed by atoms with Gasteiger partial charge in [-0.15, -0.1) is 11.6 Å². The average molecular weight is 266 g/mol. The number of alkyl halides is 1. The van der Waals surface area contributed by atoms with Crippen molar-refractivity contribution in [3.8, 4) is 0 Å². The Morgan fingerprint density at radius 3 is 2.83 bits per heavy atom. The normalized spacial score (nSPS) is 20.0. The van der Waals surface area contributed by atoms with Crippen molar-refractivity contribution >= 4 is 17.5 Å². The van der Waals surface area contributed by atoms with E-state index >= 15 is 0 Å². The van der Waals surface area contributed by atoms with Crippen molar-refractivity contribution in [3.63, 3.8) is 0 Å². The van der Waals surface area contributed by atoms with Crippen molar-refractivity contribution in [3.05, 3.63) is 35.4 Å². The molecule has 0 saturated heterocycles. The number of carbonyl (C=O) groups is 1. The smallest absolute Gasteiger partial charge is 0.223 e. The topological polar surface area (TPSA) is 29.1 Å². The number of aryl methyl sites for hydroxylation is 1. The summed E-state index contributed by atoms with van der Waals surface area (Å²) >= 11 is 5.82. The van der Waals surface area contributed by atoms with Crippen molar-refractivity contribution < 1.29 is 4.79 Å². The lowest BCUT2D eigenvalue weighted by Gasteiger charge is -2.25. The van der Waals surface area contributed by atoms with Crippen LogP contribution in [0.4, 0.5) is 0 Å². The van der Waals surface area contributed by atoms with E-state index in [4.69, 9.17) is 11.6 Å². The van der Waals surface area contributed by atoms with Crippen LogP contribution >= 0.6 is 11.6 Å². The van der Waals surface area contributed by atoms with E-state index in [0.717, 1.165) is 25.7 Å². The highest BCUT2D eigenvalue weighted by Crippen LogP contribution is 2.25. The molecule has 3 heteroatoms. The maximum atomic E-state index is 12.2. The lowest BCUT2D eigenvalue weighted by molar-refractivity contribution is -0.125. The minimum absolute atomic E-state index is 0.108. The van der Waals surface area contributed by atoms with Gasteiger partial charge in [0.2, 0.25) is 5.91 Å². The Morgan fingerprint density at radius 2 is 2.17 bits per heavy atom. The number of halogens is 1. The molecular weight excluding hydrogens is 246 g/mol. The Bertz CT molecular complexity index is 415. The van der Waals surface area contributed by atoms with Crippen LogP contribution in [0.2, 0.25) is 0 Å². The summed E-state index contributed by atoms with van der Waals surface area (Å²) in [5.41, 5.74) is 2.72. The Kier molecular flexibility index (Phi) is 4.65. The van der Waals surface area contributed by atoms with Gasteiger partial charge >= 0.3 is 0 Å². The van der Waals surface area contributed by atoms with E-state index in [2.05, 4.69) is 23.5 Å². The van der Waals surface area contributed by atoms with E-state index in [1.165, 1.54) is 11.1 Å². The number of nitrogens with one attached hydrogen (secondary N) is 1. The number of amides is 1. The predicted octanol–water partition coefficient (Wildman–Crippen LogP) is 2.93. The molecule has 2 nitrogen and oxygen atoms in total. The maximum Gasteiger partial charge on any atom is 0.223 e. The van der Waals surface area contributed by atoms with Gasteiger partial charge in [-0.1, -0.05) is 31.2 Å². The third-order valence-electron chi connectivity index (χ3n) is 3.74. The van der Waals surface area contributed by atoms with Crippen molar-refractivity contribution in [2.75, 3.05) is 5.88 Å². The standard InChI is InChI=1S/C15H20ClNO/c1-2-14(10-16)17-15(18)13-8-7-11-5-3-4-6-12(11)9-13/h3-6,13-14H,2,7-10H2,1H3,(H,17,18). The second-order valence-corrected chi connectivity index (χ2v) is 5.29. The van der Waals surface area contributed by atoms with Crippen molar-refractivity contribution in [1.82, 2.24) is 5.32 Å². The molecule has 0 saturated carbocycles. The van der Waals surface area contributed by atoms with Gasteiger partial charge in [0.1, 0.15) is 0 Å². The van der Waals surface area contributed by atoms with Gasteiger partial charge in [0.15, 0.2) is 0 Å². The van der Waals surface area contributed by atoms with Crippen molar-refractivity contribution in [2.24, 2.45) is 5.92 Å². The van der Waals surface area contributed by atoms with Gasteiger partial charge in [-0.05, 0) is 36.8 Å². The summed E-state index contributed by atoms with van der Waals surface area (Å²) in [6.07, 6.45) is 3.70. The quantitative estimate of drug-likeness (QED) is 0.834. The average Bonchev–Trinajstić information content (AvgIpc) is 2.44. The molecule has 18 heavy (non-hydrogen) atoms. The molecule has 0 bridgehead atoms. The molecule has 0 aliphatic heterocycles. The summed E-state index contributed by atoms with van der Waals surface area (Å²) in [6, 6.07) is 8.52. The Balaban J connectivity index is 1.98. The summed E-state index contributed by atoms with van der Waals surface area (Å²) in [6.45, 7) is 2.05. The van der Waals surface area contributed by atoms with Gasteiger partial charge in [-0.3, -0.25) is 4.79 Å². The second kappa shape index (κ2) is 6.24. The summed E-state index contributed by atoms with van der Waals surface area (Å²) in [7, 11) is 0. The predicted molar refractivity (Wildman–Crippen MR) is 74.9 cm³/mol. The first-order valence-corrected chi connectivity index (χ1v) is 7.21. The summed E-state index contributed by atoms with van der Waals surface area (Å²) < 4.78 is 0. The third-order valence-corrected chi connectivity index (χ3v) is 4.12. The maximum absolute atomic E-state index is 12.2. The molecule has 0 spiro atoms. The highest BCUT2D eigenvalue weighted by Gasteiger charge is 2.25. The van der Waals surface area contributed by atoms with E-state index in [9.17, 15) is 4.79 Å². The molecule has 2 unspecified atom stereocenters. The number of hydrogen-bond acceptors (Lipinski definition) is 1. The molecule has 1 N–H and O–H groups in total. The monoisotopic (exact) mass is 265 g/mol. The zero-order valence-electron chi connectivity index (χ0n) is 10.8. The fourth-order valence-electron chi connectivity index (χ4n) is 2.49. The van der Waals surface area contributed by atoms with Crippen LogP contribution in [0.1, 0.15) is 30.9 Å². The molecule has 1 aliphatic rings. The molecule has 0 radical (unpaired) electrons. The van der Waals surface area contributed by atoms with Gasteiger partial charge in [-0.2, -0.15) is 0 Å². The van der Waals surface area contributed by atoms with Gasteiger partial charge < -0.3 is 5.32 Å². The van der Waals surface area contributed by atoms with Gasteiger partial charge in [0, 0.05) is 17.8 Å². The van der Waals surface area contributed by atoms with Crippen LogP contribution in [0.25, 0.3) is 0 Å². The fourth-order valence-corrected chi connectivity index (χ4v) is 2.79. The van der Waals surface area contributed by atoms with Crippen LogP contribution in [0.15, 0.2) is 24.3 Å². The Hall–Kier alpha value is -1.02. The first-order valence-electron chi connectivity index (χ1n) is 6.67. The first-order chi connectivity index (χ1) is 8.74. The highest BCUT2D eigenvalue weighted by molar-refractivity contribution is 6.18. The second-order valence-electron chi connectivity index (χ2n) is 4.98. The Labute approximate surface area is 114 Å². The SMILES string of the molecule is CCC(CCl)NC(=O)C1CCc2ccccc2C1. The fraction of sp³-hybridized carbons (Fsp3) is 0.533. The molecule has 0 aromatic heterocycles. The third kappa shape index (κ3) is 3.05. The number of hydrogen-bond donors (Lipinski definition) is 1. The molecule has 98 valence electrons. The summed E-state index contributed by atoms with van der Waals surface area (Å²) in [4.78, 5) is 12.2. The molecule has 1 amide bonds. The molecular formula is C15H20ClNO. The van der Waals surface area contributed by atoms with E-state index in [1.807, 2.05) is 13.0 Å². The molecule has 2 atom stereocenters. The minimum Gasteiger partial charge on any atom is -0.352 e. The first kappa shape index (κ1) is 13.4. The number of carbonyl (C=O) groups excluding carboxylic acids is 1. The van der Waals surface area contributed by atoms with Gasteiger partial charge in [0.25, 0.3) is 0 Å². The zero-order valence-corrected chi connectivity index (χ0v) is 11.5. The van der Waals surface area contributed by atoms with Crippen LogP contribution in [-0.4, -0.2) is 17.8 Å². The molecule has 2 rings (SSSR count). The number of fused-ring (bicyclic) bond motifs is 1. The van der Waals surface area contributed by atoms with E-state index in [1.54, 1.807) is 0 Å². The highest BCUT2D eigenvalue weighted by atomic mass is 35.5. The number of rotatable bonds is 4. The van der Waals surface area contributed by atoms with Gasteiger partial charge in [-0.25, -0.2) is 0 Å². The molecule has 1 aromatic rings. The van der Waals surface area contributed by atoms with Crippen molar-refractivity contribution in [2.45, 2.75) is 38.6 Å². The summed E-state index contributed by atoms with van der Waals surface area (Å²) in [5.74, 6) is 0.764. The minimum atomic E-state index is 0.108. The van der Waals surface area contributed by atoms with E-state index in [0.29, 0.717) is 5.88 Å². The zero-order chi connectivity index (χ0) is 13.0. The van der Waals surface area contributed by atoms with Crippen LogP contribution in [0, 0.1) is 5.92 Å². The lowest BCUT2D eigenvalue weighted by Crippen LogP contribution is -2.41. The van der Waals surface area contributed by atoms with E-state index in [-0.39, 0.29) is 17.9 Å². The molecule has 0 fully saturated rings. The summed E-state index contributed by atoms with van der Waals surface area (Å²) in [5, 5.41) is 3.05. The number of benzene rings is 1. The lowest BCUT2D eigenvalue weighted by atomic mass is 9.83. The van der Waals surface area contributed by atoms with Crippen LogP contribution in [0.5, 0.6) is 0 Å². The Morgan fingerprint density at radius 1 is 1.44 bits per heavy atom. The van der Waals surface area contributed by atoms with Crippen LogP contribution < -0.4 is 5.32 Å². The van der Waals surface area contributed by atoms with E-state index < -0.39 is 0 Å². The molecule has 1 aliphatic carbocycles. The van der Waals surface area contributed by atoms with Crippen LogP contribution in [-0.2, 0) is 17.6 Å². The van der Waals surface area contributed by atoms with Crippen LogP contribution in [0.3, 0.4) is 0 Å². The molecule has 0 heterocycles. The largest absolute Gasteiger partial charge is 0.352 e. The van der Waals surface area contributed by atoms with Gasteiger partial charge in [0.05, 0.1) is 0 Å².